The lowest BCUT2D eigenvalue weighted by Crippen LogP contribution is -2.57. The minimum atomic E-state index is -0.442. The van der Waals surface area contributed by atoms with Crippen LogP contribution < -0.4 is 5.32 Å². The van der Waals surface area contributed by atoms with Gasteiger partial charge in [-0.15, -0.1) is 0 Å². The van der Waals surface area contributed by atoms with Crippen molar-refractivity contribution in [3.05, 3.63) is 35.4 Å². The standard InChI is InChI=1S/C23H37N3O3/c1-17(20-15-26(16-20)22(28)29-23(2,3)4)24-13-18-7-5-6-8-19(18)14-25-11-9-21(27)10-12-25/h5-8,17,20-21,24,27H,9-16H2,1-4H3. The molecule has 0 spiro atoms. The molecule has 6 heteroatoms. The third-order valence-electron chi connectivity index (χ3n) is 5.95. The molecule has 2 aliphatic heterocycles. The van der Waals surface area contributed by atoms with Crippen molar-refractivity contribution < 1.29 is 14.6 Å². The molecule has 2 N–H and O–H groups in total. The van der Waals surface area contributed by atoms with Crippen molar-refractivity contribution in [1.82, 2.24) is 15.1 Å². The number of nitrogens with zero attached hydrogens (tertiary/aromatic N) is 2. The molecule has 2 fully saturated rings. The minimum absolute atomic E-state index is 0.133. The predicted octanol–water partition coefficient (Wildman–Crippen LogP) is 2.99. The smallest absolute Gasteiger partial charge is 0.410 e. The van der Waals surface area contributed by atoms with Gasteiger partial charge in [-0.05, 0) is 51.7 Å². The summed E-state index contributed by atoms with van der Waals surface area (Å²) in [6.07, 6.45) is 1.39. The van der Waals surface area contributed by atoms with Crippen LogP contribution in [0.1, 0.15) is 51.7 Å². The van der Waals surface area contributed by atoms with E-state index in [0.717, 1.165) is 52.1 Å². The number of hydrogen-bond acceptors (Lipinski definition) is 5. The molecule has 1 aromatic carbocycles. The summed E-state index contributed by atoms with van der Waals surface area (Å²) in [5, 5.41) is 13.4. The van der Waals surface area contributed by atoms with Crippen LogP contribution in [0.25, 0.3) is 0 Å². The quantitative estimate of drug-likeness (QED) is 0.764. The Balaban J connectivity index is 1.45. The number of nitrogens with one attached hydrogen (secondary N) is 1. The normalized spacial score (nSPS) is 20.4. The van der Waals surface area contributed by atoms with Crippen LogP contribution in [0.3, 0.4) is 0 Å². The summed E-state index contributed by atoms with van der Waals surface area (Å²) in [7, 11) is 0. The molecule has 29 heavy (non-hydrogen) atoms. The number of likely N-dealkylation sites (tertiary alicyclic amines) is 2. The molecular weight excluding hydrogens is 366 g/mol. The maximum absolute atomic E-state index is 12.1. The van der Waals surface area contributed by atoms with Crippen LogP contribution in [0.15, 0.2) is 24.3 Å². The summed E-state index contributed by atoms with van der Waals surface area (Å²) >= 11 is 0. The second kappa shape index (κ2) is 9.45. The number of benzene rings is 1. The number of ether oxygens (including phenoxy) is 1. The van der Waals surface area contributed by atoms with E-state index in [0.29, 0.717) is 12.0 Å². The zero-order valence-electron chi connectivity index (χ0n) is 18.4. The second-order valence-electron chi connectivity index (χ2n) is 9.59. The number of piperidine rings is 1. The van der Waals surface area contributed by atoms with Crippen molar-refractivity contribution in [3.63, 3.8) is 0 Å². The third-order valence-corrected chi connectivity index (χ3v) is 5.95. The summed E-state index contributed by atoms with van der Waals surface area (Å²) in [5.74, 6) is 0.457. The van der Waals surface area contributed by atoms with E-state index in [1.165, 1.54) is 11.1 Å². The van der Waals surface area contributed by atoms with Crippen LogP contribution in [-0.4, -0.2) is 64.9 Å². The van der Waals surface area contributed by atoms with Crippen LogP contribution >= 0.6 is 0 Å². The van der Waals surface area contributed by atoms with Crippen molar-refractivity contribution in [2.24, 2.45) is 5.92 Å². The first kappa shape index (κ1) is 22.1. The summed E-state index contributed by atoms with van der Waals surface area (Å²) in [6.45, 7) is 13.1. The molecule has 2 heterocycles. The van der Waals surface area contributed by atoms with Gasteiger partial charge in [0.15, 0.2) is 0 Å². The number of hydrogen-bond donors (Lipinski definition) is 2. The molecule has 0 aliphatic carbocycles. The van der Waals surface area contributed by atoms with E-state index in [2.05, 4.69) is 41.4 Å². The van der Waals surface area contributed by atoms with Crippen LogP contribution in [0.4, 0.5) is 4.79 Å². The largest absolute Gasteiger partial charge is 0.444 e. The van der Waals surface area contributed by atoms with Crippen LogP contribution in [0, 0.1) is 5.92 Å². The monoisotopic (exact) mass is 403 g/mol. The molecule has 0 aromatic heterocycles. The second-order valence-corrected chi connectivity index (χ2v) is 9.59. The molecular formula is C23H37N3O3. The fourth-order valence-electron chi connectivity index (χ4n) is 3.94. The van der Waals surface area contributed by atoms with Gasteiger partial charge in [0.2, 0.25) is 0 Å². The molecule has 0 bridgehead atoms. The minimum Gasteiger partial charge on any atom is -0.444 e. The first-order chi connectivity index (χ1) is 13.7. The Bertz CT molecular complexity index is 674. The summed E-state index contributed by atoms with van der Waals surface area (Å²) in [6, 6.07) is 8.94. The highest BCUT2D eigenvalue weighted by Crippen LogP contribution is 2.23. The maximum Gasteiger partial charge on any atom is 0.410 e. The molecule has 1 amide bonds. The predicted molar refractivity (Wildman–Crippen MR) is 115 cm³/mol. The Morgan fingerprint density at radius 2 is 1.83 bits per heavy atom. The van der Waals surface area contributed by atoms with E-state index in [4.69, 9.17) is 4.74 Å². The van der Waals surface area contributed by atoms with E-state index >= 15 is 0 Å². The average Bonchev–Trinajstić information content (AvgIpc) is 2.60. The number of aliphatic hydroxyl groups excluding tert-OH is 1. The van der Waals surface area contributed by atoms with Gasteiger partial charge in [0, 0.05) is 51.2 Å². The molecule has 1 aromatic rings. The van der Waals surface area contributed by atoms with Crippen molar-refractivity contribution in [1.29, 1.82) is 0 Å². The van der Waals surface area contributed by atoms with Gasteiger partial charge in [-0.1, -0.05) is 24.3 Å². The number of amides is 1. The van der Waals surface area contributed by atoms with Crippen molar-refractivity contribution >= 4 is 6.09 Å². The van der Waals surface area contributed by atoms with E-state index < -0.39 is 5.60 Å². The Hall–Kier alpha value is -1.63. The SMILES string of the molecule is CC(NCc1ccccc1CN1CCC(O)CC1)C1CN(C(=O)OC(C)(C)C)C1. The number of carbonyl (C=O) groups excluding carboxylic acids is 1. The molecule has 6 nitrogen and oxygen atoms in total. The fraction of sp³-hybridized carbons (Fsp3) is 0.696. The highest BCUT2D eigenvalue weighted by Gasteiger charge is 2.36. The van der Waals surface area contributed by atoms with Crippen molar-refractivity contribution in [3.8, 4) is 0 Å². The summed E-state index contributed by atoms with van der Waals surface area (Å²) < 4.78 is 5.44. The number of carbonyl (C=O) groups is 1. The van der Waals surface area contributed by atoms with Crippen molar-refractivity contribution in [2.45, 2.75) is 71.4 Å². The molecule has 0 radical (unpaired) electrons. The van der Waals surface area contributed by atoms with Gasteiger partial charge in [0.1, 0.15) is 5.60 Å². The zero-order chi connectivity index (χ0) is 21.0. The van der Waals surface area contributed by atoms with E-state index in [1.54, 1.807) is 4.90 Å². The average molecular weight is 404 g/mol. The molecule has 2 aliphatic rings. The van der Waals surface area contributed by atoms with E-state index in [-0.39, 0.29) is 12.2 Å². The van der Waals surface area contributed by atoms with Gasteiger partial charge in [0.05, 0.1) is 6.10 Å². The van der Waals surface area contributed by atoms with Crippen molar-refractivity contribution in [2.75, 3.05) is 26.2 Å². The van der Waals surface area contributed by atoms with Gasteiger partial charge in [-0.3, -0.25) is 4.90 Å². The molecule has 1 atom stereocenters. The van der Waals surface area contributed by atoms with E-state index in [9.17, 15) is 9.90 Å². The third kappa shape index (κ3) is 6.43. The summed E-state index contributed by atoms with van der Waals surface area (Å²) in [4.78, 5) is 16.3. The van der Waals surface area contributed by atoms with E-state index in [1.807, 2.05) is 20.8 Å². The Morgan fingerprint density at radius 1 is 1.21 bits per heavy atom. The van der Waals surface area contributed by atoms with Gasteiger partial charge in [-0.2, -0.15) is 0 Å². The van der Waals surface area contributed by atoms with Crippen LogP contribution in [0.2, 0.25) is 0 Å². The zero-order valence-corrected chi connectivity index (χ0v) is 18.4. The van der Waals surface area contributed by atoms with Gasteiger partial charge >= 0.3 is 6.09 Å². The molecule has 1 unspecified atom stereocenters. The van der Waals surface area contributed by atoms with Gasteiger partial charge in [0.25, 0.3) is 0 Å². The molecule has 3 rings (SSSR count). The lowest BCUT2D eigenvalue weighted by atomic mass is 9.92. The maximum atomic E-state index is 12.1. The first-order valence-electron chi connectivity index (χ1n) is 10.9. The lowest BCUT2D eigenvalue weighted by Gasteiger charge is -2.42. The topological polar surface area (TPSA) is 65.0 Å². The number of aliphatic hydroxyl groups is 1. The molecule has 162 valence electrons. The van der Waals surface area contributed by atoms with Crippen LogP contribution in [0.5, 0.6) is 0 Å². The lowest BCUT2D eigenvalue weighted by molar-refractivity contribution is -0.00581. The Labute approximate surface area is 175 Å². The molecule has 2 saturated heterocycles. The van der Waals surface area contributed by atoms with Gasteiger partial charge in [-0.25, -0.2) is 4.79 Å². The number of rotatable bonds is 6. The Kier molecular flexibility index (Phi) is 7.19. The summed E-state index contributed by atoms with van der Waals surface area (Å²) in [5.41, 5.74) is 2.24. The highest BCUT2D eigenvalue weighted by atomic mass is 16.6. The van der Waals surface area contributed by atoms with Crippen LogP contribution in [-0.2, 0) is 17.8 Å². The van der Waals surface area contributed by atoms with Gasteiger partial charge < -0.3 is 20.1 Å². The first-order valence-corrected chi connectivity index (χ1v) is 10.9. The highest BCUT2D eigenvalue weighted by molar-refractivity contribution is 5.69. The molecule has 0 saturated carbocycles. The Morgan fingerprint density at radius 3 is 2.45 bits per heavy atom. The fourth-order valence-corrected chi connectivity index (χ4v) is 3.94.